The molecule has 0 aliphatic rings. The van der Waals surface area contributed by atoms with Crippen molar-refractivity contribution in [1.82, 2.24) is 5.32 Å². The molecule has 0 heterocycles. The van der Waals surface area contributed by atoms with Gasteiger partial charge in [-0.15, -0.1) is 0 Å². The maximum absolute atomic E-state index is 10.2. The minimum absolute atomic E-state index is 0.451. The predicted molar refractivity (Wildman–Crippen MR) is 41.2 cm³/mol. The maximum Gasteiger partial charge on any atom is 0.316 e. The van der Waals surface area contributed by atoms with E-state index >= 15 is 0 Å². The summed E-state index contributed by atoms with van der Waals surface area (Å²) in [6, 6.07) is -0.612. The summed E-state index contributed by atoms with van der Waals surface area (Å²) < 4.78 is 0. The number of carbonyl (C=O) groups excluding carboxylic acids is 1. The highest BCUT2D eigenvalue weighted by Gasteiger charge is 1.89. The molecule has 0 aromatic rings. The van der Waals surface area contributed by atoms with Gasteiger partial charge < -0.3 is 11.1 Å². The second kappa shape index (κ2) is 4.38. The molecule has 0 fully saturated rings. The van der Waals surface area contributed by atoms with Crippen LogP contribution < -0.4 is 11.1 Å². The van der Waals surface area contributed by atoms with E-state index in [4.69, 9.17) is 5.73 Å². The Morgan fingerprint density at radius 2 is 2.20 bits per heavy atom. The van der Waals surface area contributed by atoms with Crippen LogP contribution in [0.4, 0.5) is 4.79 Å². The molecule has 0 aromatic carbocycles. The number of hydrogen-bond donors (Lipinski definition) is 2. The number of hydrogen-bond acceptors (Lipinski definition) is 1. The van der Waals surface area contributed by atoms with Crippen LogP contribution in [0.1, 0.15) is 0 Å². The highest BCUT2D eigenvalue weighted by Crippen LogP contribution is 1.85. The lowest BCUT2D eigenvalue weighted by Crippen LogP contribution is -2.27. The number of carbonyl (C=O) groups is 1. The minimum atomic E-state index is -0.612. The molecule has 0 rings (SSSR count). The maximum atomic E-state index is 10.2. The van der Waals surface area contributed by atoms with Crippen LogP contribution in [-0.2, 0) is 0 Å². The third-order valence-electron chi connectivity index (χ3n) is 0.717. The quantitative estimate of drug-likeness (QED) is 0.559. The van der Waals surface area contributed by atoms with Gasteiger partial charge in [0.1, 0.15) is 0 Å². The molecule has 0 aromatic heterocycles. The van der Waals surface area contributed by atoms with E-state index in [9.17, 15) is 4.79 Å². The molecule has 0 atom stereocenters. The van der Waals surface area contributed by atoms with Crippen LogP contribution in [0.5, 0.6) is 0 Å². The van der Waals surface area contributed by atoms with Gasteiger partial charge in [-0.25, -0.2) is 4.79 Å². The Bertz CT molecular complexity index is 182. The fourth-order valence-corrected chi connectivity index (χ4v) is 0.384. The third kappa shape index (κ3) is 4.64. The van der Waals surface area contributed by atoms with E-state index in [0.717, 1.165) is 0 Å². The van der Waals surface area contributed by atoms with Crippen LogP contribution in [-0.4, -0.2) is 6.03 Å². The first-order chi connectivity index (χ1) is 4.66. The highest BCUT2D eigenvalue weighted by molar-refractivity contribution is 5.74. The minimum Gasteiger partial charge on any atom is -0.351 e. The SMILES string of the molecule is C=C/C=C\C(=C)NC(N)=O. The predicted octanol–water partition coefficient (Wildman–Crippen LogP) is 0.911. The van der Waals surface area contributed by atoms with Gasteiger partial charge in [-0.2, -0.15) is 0 Å². The molecule has 3 nitrogen and oxygen atoms in total. The zero-order chi connectivity index (χ0) is 7.98. The first-order valence-corrected chi connectivity index (χ1v) is 2.71. The van der Waals surface area contributed by atoms with Gasteiger partial charge >= 0.3 is 6.03 Å². The summed E-state index contributed by atoms with van der Waals surface area (Å²) in [5, 5.41) is 2.29. The third-order valence-corrected chi connectivity index (χ3v) is 0.717. The van der Waals surface area contributed by atoms with Gasteiger partial charge in [-0.05, 0) is 6.08 Å². The number of amides is 2. The molecule has 0 aliphatic heterocycles. The molecule has 3 heteroatoms. The fourth-order valence-electron chi connectivity index (χ4n) is 0.384. The Balaban J connectivity index is 3.75. The molecule has 10 heavy (non-hydrogen) atoms. The Hall–Kier alpha value is -1.51. The number of urea groups is 1. The van der Waals surface area contributed by atoms with Gasteiger partial charge in [0, 0.05) is 5.70 Å². The van der Waals surface area contributed by atoms with Crippen molar-refractivity contribution < 1.29 is 4.79 Å². The van der Waals surface area contributed by atoms with Gasteiger partial charge in [0.15, 0.2) is 0 Å². The molecule has 0 unspecified atom stereocenters. The molecule has 0 radical (unpaired) electrons. The second-order valence-corrected chi connectivity index (χ2v) is 1.61. The lowest BCUT2D eigenvalue weighted by molar-refractivity contribution is 0.251. The Morgan fingerprint density at radius 3 is 2.60 bits per heavy atom. The van der Waals surface area contributed by atoms with Gasteiger partial charge in [-0.1, -0.05) is 25.3 Å². The summed E-state index contributed by atoms with van der Waals surface area (Å²) in [7, 11) is 0. The van der Waals surface area contributed by atoms with E-state index in [1.165, 1.54) is 0 Å². The largest absolute Gasteiger partial charge is 0.351 e. The second-order valence-electron chi connectivity index (χ2n) is 1.61. The normalized spacial score (nSPS) is 9.20. The molecular formula is C7H10N2O. The Labute approximate surface area is 59.9 Å². The fraction of sp³-hybridized carbons (Fsp3) is 0. The van der Waals surface area contributed by atoms with Crippen LogP contribution >= 0.6 is 0 Å². The summed E-state index contributed by atoms with van der Waals surface area (Å²) in [5.74, 6) is 0. The van der Waals surface area contributed by atoms with Gasteiger partial charge in [0.25, 0.3) is 0 Å². The summed E-state index contributed by atoms with van der Waals surface area (Å²) in [5.41, 5.74) is 5.25. The average Bonchev–Trinajstić information content (AvgIpc) is 1.82. The van der Waals surface area contributed by atoms with Crippen molar-refractivity contribution in [2.75, 3.05) is 0 Å². The van der Waals surface area contributed by atoms with Crippen LogP contribution in [0.3, 0.4) is 0 Å². The van der Waals surface area contributed by atoms with Gasteiger partial charge in [-0.3, -0.25) is 0 Å². The van der Waals surface area contributed by atoms with Crippen molar-refractivity contribution in [3.63, 3.8) is 0 Å². The molecule has 3 N–H and O–H groups in total. The molecular weight excluding hydrogens is 128 g/mol. The molecule has 2 amide bonds. The number of nitrogens with one attached hydrogen (secondary N) is 1. The smallest absolute Gasteiger partial charge is 0.316 e. The van der Waals surface area contributed by atoms with Crippen molar-refractivity contribution in [3.8, 4) is 0 Å². The molecule has 0 aliphatic carbocycles. The number of primary amides is 1. The Kier molecular flexibility index (Phi) is 3.72. The average molecular weight is 138 g/mol. The summed E-state index contributed by atoms with van der Waals surface area (Å²) >= 11 is 0. The number of nitrogens with two attached hydrogens (primary N) is 1. The van der Waals surface area contributed by atoms with E-state index in [-0.39, 0.29) is 0 Å². The van der Waals surface area contributed by atoms with E-state index in [2.05, 4.69) is 18.5 Å². The van der Waals surface area contributed by atoms with E-state index < -0.39 is 6.03 Å². The van der Waals surface area contributed by atoms with E-state index in [0.29, 0.717) is 5.70 Å². The molecule has 0 saturated heterocycles. The van der Waals surface area contributed by atoms with Crippen molar-refractivity contribution in [1.29, 1.82) is 0 Å². The van der Waals surface area contributed by atoms with Crippen LogP contribution in [0.2, 0.25) is 0 Å². The standard InChI is InChI=1S/C7H10N2O/c1-3-4-5-6(2)9-7(8)10/h3-5H,1-2H2,(H3,8,9,10)/b5-4-. The molecule has 54 valence electrons. The summed E-state index contributed by atoms with van der Waals surface area (Å²) in [6.45, 7) is 6.93. The lowest BCUT2D eigenvalue weighted by atomic mass is 10.4. The molecule has 0 spiro atoms. The van der Waals surface area contributed by atoms with Gasteiger partial charge in [0.2, 0.25) is 0 Å². The van der Waals surface area contributed by atoms with Gasteiger partial charge in [0.05, 0.1) is 0 Å². The van der Waals surface area contributed by atoms with E-state index in [1.807, 2.05) is 0 Å². The summed E-state index contributed by atoms with van der Waals surface area (Å²) in [6.07, 6.45) is 4.82. The number of rotatable bonds is 3. The van der Waals surface area contributed by atoms with Crippen molar-refractivity contribution >= 4 is 6.03 Å². The first-order valence-electron chi connectivity index (χ1n) is 2.71. The van der Waals surface area contributed by atoms with Crippen LogP contribution in [0.15, 0.2) is 37.1 Å². The molecule has 0 bridgehead atoms. The van der Waals surface area contributed by atoms with Crippen molar-refractivity contribution in [2.24, 2.45) is 5.73 Å². The Morgan fingerprint density at radius 1 is 1.60 bits per heavy atom. The zero-order valence-corrected chi connectivity index (χ0v) is 5.63. The zero-order valence-electron chi connectivity index (χ0n) is 5.63. The topological polar surface area (TPSA) is 55.1 Å². The first kappa shape index (κ1) is 8.49. The lowest BCUT2D eigenvalue weighted by Gasteiger charge is -1.96. The highest BCUT2D eigenvalue weighted by atomic mass is 16.2. The van der Waals surface area contributed by atoms with Crippen LogP contribution in [0.25, 0.3) is 0 Å². The molecule has 0 saturated carbocycles. The van der Waals surface area contributed by atoms with Crippen molar-refractivity contribution in [3.05, 3.63) is 37.1 Å². The monoisotopic (exact) mass is 138 g/mol. The van der Waals surface area contributed by atoms with Crippen molar-refractivity contribution in [2.45, 2.75) is 0 Å². The van der Waals surface area contributed by atoms with E-state index in [1.54, 1.807) is 18.2 Å². The summed E-state index contributed by atoms with van der Waals surface area (Å²) in [4.78, 5) is 10.2. The van der Waals surface area contributed by atoms with Crippen LogP contribution in [0, 0.1) is 0 Å². The number of allylic oxidation sites excluding steroid dienone is 3.